The van der Waals surface area contributed by atoms with E-state index < -0.39 is 0 Å². The topological polar surface area (TPSA) is 68.9 Å². The highest BCUT2D eigenvalue weighted by molar-refractivity contribution is 14.0. The molecule has 3 N–H and O–H groups in total. The molecule has 0 unspecified atom stereocenters. The molecule has 2 rings (SSSR count). The third-order valence-electron chi connectivity index (χ3n) is 2.83. The van der Waals surface area contributed by atoms with Crippen LogP contribution in [0.25, 0.3) is 0 Å². The van der Waals surface area contributed by atoms with E-state index in [1.807, 2.05) is 31.2 Å². The molecule has 0 bridgehead atoms. The van der Waals surface area contributed by atoms with Gasteiger partial charge in [-0.2, -0.15) is 0 Å². The average Bonchev–Trinajstić information content (AvgIpc) is 2.68. The number of ether oxygens (including phenoxy) is 2. The van der Waals surface area contributed by atoms with Crippen LogP contribution in [0, 0.1) is 0 Å². The summed E-state index contributed by atoms with van der Waals surface area (Å²) in [7, 11) is 0. The van der Waals surface area contributed by atoms with Crippen LogP contribution in [0.4, 0.5) is 5.69 Å². The van der Waals surface area contributed by atoms with Crippen molar-refractivity contribution in [2.75, 3.05) is 25.1 Å². The van der Waals surface area contributed by atoms with E-state index in [2.05, 4.69) is 16.4 Å². The fourth-order valence-electron chi connectivity index (χ4n) is 1.85. The lowest BCUT2D eigenvalue weighted by atomic mass is 10.3. The van der Waals surface area contributed by atoms with E-state index in [1.165, 1.54) is 0 Å². The zero-order chi connectivity index (χ0) is 14.2. The van der Waals surface area contributed by atoms with Crippen LogP contribution in [-0.2, 0) is 0 Å². The highest BCUT2D eigenvalue weighted by atomic mass is 127. The number of nitrogens with zero attached hydrogens (tertiary/aromatic N) is 1. The van der Waals surface area contributed by atoms with Gasteiger partial charge in [0, 0.05) is 24.7 Å². The first kappa shape index (κ1) is 17.6. The summed E-state index contributed by atoms with van der Waals surface area (Å²) in [6.07, 6.45) is 5.85. The van der Waals surface area contributed by atoms with Crippen molar-refractivity contribution in [1.29, 1.82) is 0 Å². The Hall–Kier alpha value is -1.44. The molecule has 0 spiro atoms. The van der Waals surface area contributed by atoms with Crippen LogP contribution in [0.3, 0.4) is 0 Å². The van der Waals surface area contributed by atoms with Crippen LogP contribution in [0.2, 0.25) is 0 Å². The van der Waals surface area contributed by atoms with Gasteiger partial charge in [0.2, 0.25) is 0 Å². The number of fused-ring (bicyclic) bond motifs is 1. The Morgan fingerprint density at radius 2 is 2.10 bits per heavy atom. The molecule has 1 aliphatic heterocycles. The Kier molecular flexibility index (Phi) is 7.96. The van der Waals surface area contributed by atoms with Gasteiger partial charge in [-0.1, -0.05) is 12.2 Å². The highest BCUT2D eigenvalue weighted by Crippen LogP contribution is 2.32. The van der Waals surface area contributed by atoms with Gasteiger partial charge < -0.3 is 20.5 Å². The standard InChI is InChI=1S/C15H21N3O2.HI/c1-2-3-4-8-17-15(16)18-12-6-7-13-14(11-12)20-10-5-9-19-13;/h2-3,6-7,11H,4-5,8-10H2,1H3,(H3,16,17,18);1H/b3-2+;. The van der Waals surface area contributed by atoms with E-state index in [0.29, 0.717) is 25.7 Å². The Morgan fingerprint density at radius 3 is 2.86 bits per heavy atom. The quantitative estimate of drug-likeness (QED) is 0.267. The predicted octanol–water partition coefficient (Wildman–Crippen LogP) is 3.16. The van der Waals surface area contributed by atoms with Gasteiger partial charge in [0.15, 0.2) is 17.5 Å². The lowest BCUT2D eigenvalue weighted by Gasteiger charge is -2.10. The molecule has 1 aromatic carbocycles. The number of guanidine groups is 1. The van der Waals surface area contributed by atoms with Gasteiger partial charge in [-0.25, -0.2) is 0 Å². The summed E-state index contributed by atoms with van der Waals surface area (Å²) in [5.74, 6) is 1.93. The minimum Gasteiger partial charge on any atom is -0.490 e. The van der Waals surface area contributed by atoms with Crippen molar-refractivity contribution >= 4 is 35.6 Å². The zero-order valence-electron chi connectivity index (χ0n) is 12.2. The number of nitrogens with one attached hydrogen (secondary N) is 1. The van der Waals surface area contributed by atoms with Gasteiger partial charge in [0.1, 0.15) is 0 Å². The second-order valence-corrected chi connectivity index (χ2v) is 4.46. The number of nitrogens with two attached hydrogens (primary N) is 1. The molecule has 0 fully saturated rings. The minimum atomic E-state index is 0. The fourth-order valence-corrected chi connectivity index (χ4v) is 1.85. The van der Waals surface area contributed by atoms with E-state index in [9.17, 15) is 0 Å². The summed E-state index contributed by atoms with van der Waals surface area (Å²) in [5.41, 5.74) is 6.69. The monoisotopic (exact) mass is 403 g/mol. The van der Waals surface area contributed by atoms with Crippen LogP contribution >= 0.6 is 24.0 Å². The van der Waals surface area contributed by atoms with Crippen molar-refractivity contribution in [3.8, 4) is 11.5 Å². The van der Waals surface area contributed by atoms with Crippen molar-refractivity contribution in [2.45, 2.75) is 19.8 Å². The maximum Gasteiger partial charge on any atom is 0.193 e. The van der Waals surface area contributed by atoms with E-state index in [0.717, 1.165) is 30.0 Å². The molecular weight excluding hydrogens is 381 g/mol. The third-order valence-corrected chi connectivity index (χ3v) is 2.83. The average molecular weight is 403 g/mol. The van der Waals surface area contributed by atoms with Crippen LogP contribution in [0.5, 0.6) is 11.5 Å². The van der Waals surface area contributed by atoms with Crippen molar-refractivity contribution < 1.29 is 9.47 Å². The second kappa shape index (κ2) is 9.49. The third kappa shape index (κ3) is 5.82. The van der Waals surface area contributed by atoms with Gasteiger partial charge in [0.05, 0.1) is 13.2 Å². The molecule has 5 nitrogen and oxygen atoms in total. The number of anilines is 1. The van der Waals surface area contributed by atoms with Crippen LogP contribution in [0.15, 0.2) is 35.3 Å². The van der Waals surface area contributed by atoms with Gasteiger partial charge in [0.25, 0.3) is 0 Å². The van der Waals surface area contributed by atoms with Crippen LogP contribution in [-0.4, -0.2) is 25.7 Å². The number of benzene rings is 1. The molecule has 0 amide bonds. The van der Waals surface area contributed by atoms with Crippen LogP contribution in [0.1, 0.15) is 19.8 Å². The highest BCUT2D eigenvalue weighted by Gasteiger charge is 2.10. The van der Waals surface area contributed by atoms with E-state index in [4.69, 9.17) is 15.2 Å². The Labute approximate surface area is 142 Å². The van der Waals surface area contributed by atoms with E-state index in [1.54, 1.807) is 0 Å². The largest absolute Gasteiger partial charge is 0.490 e. The predicted molar refractivity (Wildman–Crippen MR) is 97.0 cm³/mol. The lowest BCUT2D eigenvalue weighted by molar-refractivity contribution is 0.297. The SMILES string of the molecule is C/C=C/CCN=C(N)Nc1ccc2c(c1)OCCCO2.I. The van der Waals surface area contributed by atoms with Gasteiger partial charge in [-0.15, -0.1) is 24.0 Å². The summed E-state index contributed by atoms with van der Waals surface area (Å²) in [6, 6.07) is 5.67. The van der Waals surface area contributed by atoms with Crippen LogP contribution < -0.4 is 20.5 Å². The molecule has 0 saturated heterocycles. The minimum absolute atomic E-state index is 0. The number of hydrogen-bond acceptors (Lipinski definition) is 3. The van der Waals surface area contributed by atoms with E-state index in [-0.39, 0.29) is 24.0 Å². The van der Waals surface area contributed by atoms with E-state index >= 15 is 0 Å². The fraction of sp³-hybridized carbons (Fsp3) is 0.400. The molecule has 0 aromatic heterocycles. The molecular formula is C15H22IN3O2. The van der Waals surface area contributed by atoms with Crippen molar-refractivity contribution in [3.63, 3.8) is 0 Å². The van der Waals surface area contributed by atoms with Gasteiger partial charge in [-0.3, -0.25) is 4.99 Å². The maximum atomic E-state index is 5.84. The zero-order valence-corrected chi connectivity index (χ0v) is 14.5. The van der Waals surface area contributed by atoms with Crippen molar-refractivity contribution in [1.82, 2.24) is 0 Å². The van der Waals surface area contributed by atoms with Crippen molar-refractivity contribution in [2.24, 2.45) is 10.7 Å². The maximum absolute atomic E-state index is 5.84. The molecule has 1 aromatic rings. The number of rotatable bonds is 4. The lowest BCUT2D eigenvalue weighted by Crippen LogP contribution is -2.22. The second-order valence-electron chi connectivity index (χ2n) is 4.46. The Balaban J connectivity index is 0.00000220. The number of hydrogen-bond donors (Lipinski definition) is 2. The summed E-state index contributed by atoms with van der Waals surface area (Å²) in [5, 5.41) is 3.06. The first-order chi connectivity index (χ1) is 9.79. The summed E-state index contributed by atoms with van der Waals surface area (Å²) in [4.78, 5) is 4.25. The smallest absolute Gasteiger partial charge is 0.193 e. The van der Waals surface area contributed by atoms with Gasteiger partial charge in [-0.05, 0) is 25.5 Å². The van der Waals surface area contributed by atoms with Gasteiger partial charge >= 0.3 is 0 Å². The molecule has 1 aliphatic rings. The number of allylic oxidation sites excluding steroid dienone is 1. The molecule has 6 heteroatoms. The Morgan fingerprint density at radius 1 is 1.33 bits per heavy atom. The first-order valence-electron chi connectivity index (χ1n) is 6.87. The molecule has 0 atom stereocenters. The molecule has 0 aliphatic carbocycles. The first-order valence-corrected chi connectivity index (χ1v) is 6.87. The molecule has 1 heterocycles. The summed E-state index contributed by atoms with van der Waals surface area (Å²) >= 11 is 0. The molecule has 0 saturated carbocycles. The summed E-state index contributed by atoms with van der Waals surface area (Å²) < 4.78 is 11.2. The summed E-state index contributed by atoms with van der Waals surface area (Å²) in [6.45, 7) is 4.02. The molecule has 0 radical (unpaired) electrons. The molecule has 116 valence electrons. The van der Waals surface area contributed by atoms with Crippen molar-refractivity contribution in [3.05, 3.63) is 30.4 Å². The number of halogens is 1. The molecule has 21 heavy (non-hydrogen) atoms. The normalized spacial score (nSPS) is 14.4. The number of aliphatic imine (C=N–C) groups is 1. The Bertz CT molecular complexity index is 504.